The molecule has 7 aromatic rings. The molecular weight excluding hydrogens is 710 g/mol. The van der Waals surface area contributed by atoms with Crippen molar-refractivity contribution in [2.75, 3.05) is 0 Å². The van der Waals surface area contributed by atoms with Crippen molar-refractivity contribution in [3.8, 4) is 22.4 Å². The fraction of sp³-hybridized carbons (Fsp3) is 0.103. The van der Waals surface area contributed by atoms with Gasteiger partial charge in [0.1, 0.15) is 11.4 Å². The van der Waals surface area contributed by atoms with Crippen LogP contribution in [0.25, 0.3) is 44.3 Å². The maximum atomic E-state index is 13.3. The summed E-state index contributed by atoms with van der Waals surface area (Å²) >= 11 is 0. The Balaban J connectivity index is 0.000000204. The summed E-state index contributed by atoms with van der Waals surface area (Å²) in [5, 5.41) is 2.09. The van der Waals surface area contributed by atoms with Gasteiger partial charge in [0.2, 0.25) is 0 Å². The molecule has 0 radical (unpaired) electrons. The van der Waals surface area contributed by atoms with Gasteiger partial charge in [0, 0.05) is 26.8 Å². The first-order valence-corrected chi connectivity index (χ1v) is 13.3. The average Bonchev–Trinajstić information content (AvgIpc) is 3.47. The Morgan fingerprint density at radius 2 is 1.58 bits per heavy atom. The quantitative estimate of drug-likeness (QED) is 0.168. The number of fused-ring (bicyclic) bond motifs is 3. The normalized spacial score (nSPS) is 15.2. The molecule has 1 unspecified atom stereocenters. The van der Waals surface area contributed by atoms with Gasteiger partial charge in [-0.1, -0.05) is 61.6 Å². The fourth-order valence-corrected chi connectivity index (χ4v) is 4.74. The molecule has 0 N–H and O–H groups in total. The van der Waals surface area contributed by atoms with Gasteiger partial charge in [-0.2, -0.15) is 35.9 Å². The molecule has 0 aliphatic carbocycles. The predicted molar refractivity (Wildman–Crippen MR) is 169 cm³/mol. The molecule has 0 saturated carbocycles. The number of aromatic nitrogens is 1. The number of furan rings is 1. The van der Waals surface area contributed by atoms with Crippen LogP contribution in [0.4, 0.5) is 4.39 Å². The Labute approximate surface area is 275 Å². The van der Waals surface area contributed by atoms with Gasteiger partial charge >= 0.3 is 20.1 Å². The molecule has 0 amide bonds. The molecule has 7 rings (SSSR count). The fourth-order valence-electron chi connectivity index (χ4n) is 4.74. The third kappa shape index (κ3) is 6.67. The van der Waals surface area contributed by atoms with E-state index in [2.05, 4.69) is 23.2 Å². The minimum atomic E-state index is -2.18. The molecule has 212 valence electrons. The zero-order chi connectivity index (χ0) is 35.0. The standard InChI is InChI=1S/C26H17FO.C13H12N.Ir/c1-17(18-12-14-21(27)15-13-18)19-6-4-7-20(16-19)22-9-5-10-24-23-8-2-3-11-25(23)28-26(22)24;1-10-3-6-12(7-4-10)13-8-5-11(2)9-14-13;/h2-6,8,10-17H,1H3;3-6,8-9H,1-2H3;/q-2;-1;+3/i17D;1D3,2D3;. The second-order valence-electron chi connectivity index (χ2n) is 9.74. The minimum Gasteiger partial charge on any atom is -0.510 e. The summed E-state index contributed by atoms with van der Waals surface area (Å²) in [4.78, 5) is 4.08. The van der Waals surface area contributed by atoms with E-state index in [4.69, 9.17) is 14.0 Å². The van der Waals surface area contributed by atoms with E-state index in [1.807, 2.05) is 61.5 Å². The van der Waals surface area contributed by atoms with Crippen LogP contribution in [0.5, 0.6) is 0 Å². The van der Waals surface area contributed by atoms with Crippen molar-refractivity contribution in [2.45, 2.75) is 26.5 Å². The number of rotatable bonds is 4. The van der Waals surface area contributed by atoms with Crippen LogP contribution in [-0.2, 0) is 20.1 Å². The number of hydrogen-bond donors (Lipinski definition) is 0. The van der Waals surface area contributed by atoms with Gasteiger partial charge < -0.3 is 9.40 Å². The SMILES string of the molecule is [2H]C(C)(c1ccc(F)cc1)c1cc[c-]c(-c2[c-]ccc3c2oc2ccccc23)c1.[2H]C([2H])([2H])c1c[c-]c(-c2ccc(C([2H])([2H])[2H])cn2)cc1.[Ir+3]. The monoisotopic (exact) mass is 746 g/mol. The Morgan fingerprint density at radius 1 is 0.791 bits per heavy atom. The molecule has 5 aromatic carbocycles. The molecule has 1 atom stereocenters. The van der Waals surface area contributed by atoms with Crippen LogP contribution < -0.4 is 0 Å². The van der Waals surface area contributed by atoms with E-state index in [1.54, 1.807) is 24.3 Å². The van der Waals surface area contributed by atoms with Crippen molar-refractivity contribution < 1.29 is 38.5 Å². The Kier molecular flexibility index (Phi) is 6.86. The van der Waals surface area contributed by atoms with Crippen LogP contribution >= 0.6 is 0 Å². The van der Waals surface area contributed by atoms with Gasteiger partial charge in [-0.25, -0.2) is 9.95 Å². The number of para-hydroxylation sites is 1. The van der Waals surface area contributed by atoms with Crippen LogP contribution in [0.15, 0.2) is 120 Å². The average molecular weight is 746 g/mol. The summed E-state index contributed by atoms with van der Waals surface area (Å²) in [5.41, 5.74) is 6.28. The first-order chi connectivity index (χ1) is 23.2. The van der Waals surface area contributed by atoms with Crippen molar-refractivity contribution in [1.82, 2.24) is 4.98 Å². The second kappa shape index (κ2) is 13.3. The van der Waals surface area contributed by atoms with Crippen LogP contribution in [0.3, 0.4) is 0 Å². The number of hydrogen-bond acceptors (Lipinski definition) is 2. The summed E-state index contributed by atoms with van der Waals surface area (Å²) in [6, 6.07) is 40.5. The summed E-state index contributed by atoms with van der Waals surface area (Å²) in [6.07, 6.45) is 1.30. The van der Waals surface area contributed by atoms with E-state index >= 15 is 0 Å². The largest absolute Gasteiger partial charge is 3.00 e. The van der Waals surface area contributed by atoms with Crippen LogP contribution in [0.2, 0.25) is 0 Å². The molecule has 0 fully saturated rings. The first kappa shape index (κ1) is 22.2. The molecule has 2 nitrogen and oxygen atoms in total. The molecule has 2 aromatic heterocycles. The zero-order valence-corrected chi connectivity index (χ0v) is 25.4. The topological polar surface area (TPSA) is 26.0 Å². The van der Waals surface area contributed by atoms with Crippen LogP contribution in [-0.4, -0.2) is 4.98 Å². The third-order valence-electron chi connectivity index (χ3n) is 6.97. The van der Waals surface area contributed by atoms with Gasteiger partial charge in [-0.3, -0.25) is 0 Å². The molecule has 0 bridgehead atoms. The van der Waals surface area contributed by atoms with Crippen LogP contribution in [0.1, 0.15) is 44.7 Å². The van der Waals surface area contributed by atoms with E-state index in [9.17, 15) is 4.39 Å². The van der Waals surface area contributed by atoms with Gasteiger partial charge in [0.15, 0.2) is 0 Å². The molecular formula is C39H29FIrNO. The first-order valence-electron chi connectivity index (χ1n) is 16.8. The molecule has 43 heavy (non-hydrogen) atoms. The summed E-state index contributed by atoms with van der Waals surface area (Å²) in [5.74, 6) is -1.34. The van der Waals surface area contributed by atoms with Crippen molar-refractivity contribution in [3.05, 3.63) is 162 Å². The number of halogens is 1. The maximum absolute atomic E-state index is 13.3. The Bertz CT molecular complexity index is 2170. The third-order valence-corrected chi connectivity index (χ3v) is 6.97. The van der Waals surface area contributed by atoms with E-state index in [1.165, 1.54) is 36.5 Å². The summed E-state index contributed by atoms with van der Waals surface area (Å²) < 4.78 is 72.0. The number of aryl methyl sites for hydroxylation is 2. The van der Waals surface area contributed by atoms with Crippen molar-refractivity contribution >= 4 is 21.9 Å². The zero-order valence-electron chi connectivity index (χ0n) is 30.0. The molecule has 4 heteroatoms. The van der Waals surface area contributed by atoms with E-state index in [0.717, 1.165) is 44.2 Å². The second-order valence-corrected chi connectivity index (χ2v) is 9.74. The predicted octanol–water partition coefficient (Wildman–Crippen LogP) is 10.3. The van der Waals surface area contributed by atoms with Gasteiger partial charge in [-0.15, -0.1) is 53.1 Å². The summed E-state index contributed by atoms with van der Waals surface area (Å²) in [7, 11) is 0. The molecule has 0 aliphatic rings. The molecule has 2 heterocycles. The Hall–Kier alpha value is -4.37. The Morgan fingerprint density at radius 3 is 2.33 bits per heavy atom. The summed E-state index contributed by atoms with van der Waals surface area (Å²) in [6.45, 7) is -2.53. The van der Waals surface area contributed by atoms with Crippen molar-refractivity contribution in [2.24, 2.45) is 0 Å². The van der Waals surface area contributed by atoms with Crippen molar-refractivity contribution in [1.29, 1.82) is 0 Å². The van der Waals surface area contributed by atoms with Crippen molar-refractivity contribution in [3.63, 3.8) is 0 Å². The maximum Gasteiger partial charge on any atom is 3.00 e. The van der Waals surface area contributed by atoms with E-state index in [-0.39, 0.29) is 37.0 Å². The number of pyridine rings is 1. The van der Waals surface area contributed by atoms with E-state index < -0.39 is 19.6 Å². The van der Waals surface area contributed by atoms with Gasteiger partial charge in [0.25, 0.3) is 0 Å². The number of benzene rings is 5. The molecule has 0 spiro atoms. The number of nitrogens with zero attached hydrogens (tertiary/aromatic N) is 1. The molecule has 0 aliphatic heterocycles. The molecule has 0 saturated heterocycles. The minimum absolute atomic E-state index is 0. The van der Waals surface area contributed by atoms with Crippen LogP contribution in [0, 0.1) is 37.7 Å². The van der Waals surface area contributed by atoms with Gasteiger partial charge in [-0.05, 0) is 47.8 Å². The van der Waals surface area contributed by atoms with E-state index in [0.29, 0.717) is 11.3 Å². The van der Waals surface area contributed by atoms with Gasteiger partial charge in [0.05, 0.1) is 0 Å². The smallest absolute Gasteiger partial charge is 0.510 e.